The van der Waals surface area contributed by atoms with Crippen LogP contribution in [0.4, 0.5) is 5.69 Å². The Morgan fingerprint density at radius 3 is 2.94 bits per heavy atom. The van der Waals surface area contributed by atoms with Crippen molar-refractivity contribution in [1.82, 2.24) is 0 Å². The van der Waals surface area contributed by atoms with Gasteiger partial charge in [-0.3, -0.25) is 4.79 Å². The summed E-state index contributed by atoms with van der Waals surface area (Å²) in [6.45, 7) is 3.86. The molecule has 0 fully saturated rings. The van der Waals surface area contributed by atoms with Crippen molar-refractivity contribution in [2.24, 2.45) is 0 Å². The van der Waals surface area contributed by atoms with Gasteiger partial charge in [0.15, 0.2) is 0 Å². The number of nitrogens with one attached hydrogen (secondary N) is 1. The number of rotatable bonds is 2. The number of fused-ring (bicyclic) bond motifs is 1. The first-order chi connectivity index (χ1) is 7.58. The average molecular weight is 221 g/mol. The number of anilines is 1. The van der Waals surface area contributed by atoms with Crippen LogP contribution in [-0.4, -0.2) is 23.2 Å². The van der Waals surface area contributed by atoms with Crippen LogP contribution in [0, 0.1) is 0 Å². The summed E-state index contributed by atoms with van der Waals surface area (Å²) in [5.74, 6) is 0.292. The van der Waals surface area contributed by atoms with Crippen LogP contribution in [0.5, 0.6) is 5.75 Å². The number of ether oxygens (including phenoxy) is 1. The van der Waals surface area contributed by atoms with Gasteiger partial charge in [0.05, 0.1) is 11.8 Å². The van der Waals surface area contributed by atoms with Gasteiger partial charge in [0, 0.05) is 6.42 Å². The summed E-state index contributed by atoms with van der Waals surface area (Å²) in [4.78, 5) is 11.4. The Hall–Kier alpha value is -1.55. The Morgan fingerprint density at radius 1 is 1.50 bits per heavy atom. The molecule has 1 unspecified atom stereocenters. The first-order valence-corrected chi connectivity index (χ1v) is 5.35. The molecule has 1 heterocycles. The molecule has 1 atom stereocenters. The van der Waals surface area contributed by atoms with E-state index in [1.165, 1.54) is 0 Å². The van der Waals surface area contributed by atoms with Crippen molar-refractivity contribution in [1.29, 1.82) is 0 Å². The lowest BCUT2D eigenvalue weighted by molar-refractivity contribution is -0.124. The van der Waals surface area contributed by atoms with Gasteiger partial charge in [-0.2, -0.15) is 0 Å². The maximum absolute atomic E-state index is 11.4. The number of benzene rings is 1. The van der Waals surface area contributed by atoms with E-state index < -0.39 is 6.10 Å². The molecule has 0 aliphatic carbocycles. The van der Waals surface area contributed by atoms with Gasteiger partial charge in [-0.05, 0) is 25.5 Å². The van der Waals surface area contributed by atoms with E-state index in [2.05, 4.69) is 5.32 Å². The van der Waals surface area contributed by atoms with Crippen molar-refractivity contribution in [3.8, 4) is 5.75 Å². The molecule has 1 aromatic carbocycles. The minimum absolute atomic E-state index is 0.0512. The molecule has 1 aromatic rings. The highest BCUT2D eigenvalue weighted by atomic mass is 16.5. The predicted molar refractivity (Wildman–Crippen MR) is 60.5 cm³/mol. The molecule has 0 bridgehead atoms. The molecular weight excluding hydrogens is 206 g/mol. The molecule has 2 N–H and O–H groups in total. The van der Waals surface area contributed by atoms with Crippen LogP contribution in [0.1, 0.15) is 19.4 Å². The summed E-state index contributed by atoms with van der Waals surface area (Å²) >= 11 is 0. The van der Waals surface area contributed by atoms with Gasteiger partial charge in [-0.15, -0.1) is 0 Å². The first kappa shape index (κ1) is 11.0. The van der Waals surface area contributed by atoms with E-state index in [1.54, 1.807) is 0 Å². The lowest BCUT2D eigenvalue weighted by Gasteiger charge is -2.24. The van der Waals surface area contributed by atoms with Gasteiger partial charge >= 0.3 is 0 Å². The predicted octanol–water partition coefficient (Wildman–Crippen LogP) is 1.33. The fourth-order valence-electron chi connectivity index (χ4n) is 1.75. The van der Waals surface area contributed by atoms with E-state index in [0.717, 1.165) is 5.56 Å². The Morgan fingerprint density at radius 2 is 2.25 bits per heavy atom. The van der Waals surface area contributed by atoms with Crippen LogP contribution in [0.15, 0.2) is 18.2 Å². The summed E-state index contributed by atoms with van der Waals surface area (Å²) in [5, 5.41) is 12.1. The molecule has 4 heteroatoms. The van der Waals surface area contributed by atoms with Gasteiger partial charge in [-0.25, -0.2) is 0 Å². The summed E-state index contributed by atoms with van der Waals surface area (Å²) in [7, 11) is 0. The molecular formula is C12H15NO3. The van der Waals surface area contributed by atoms with Crippen molar-refractivity contribution in [2.75, 3.05) is 5.32 Å². The van der Waals surface area contributed by atoms with Gasteiger partial charge in [0.2, 0.25) is 0 Å². The molecule has 16 heavy (non-hydrogen) atoms. The fraction of sp³-hybridized carbons (Fsp3) is 0.417. The van der Waals surface area contributed by atoms with E-state index in [1.807, 2.05) is 32.0 Å². The number of hydrogen-bond acceptors (Lipinski definition) is 3. The molecule has 0 aromatic heterocycles. The first-order valence-electron chi connectivity index (χ1n) is 5.35. The topological polar surface area (TPSA) is 58.6 Å². The number of amides is 1. The maximum atomic E-state index is 11.4. The standard InChI is InChI=1S/C12H15NO3/c1-7(2)16-10-5-3-4-8-6-9(14)12(15)13-11(8)10/h3-5,7,9,14H,6H2,1-2H3,(H,13,15). The Balaban J connectivity index is 2.36. The molecule has 1 aliphatic rings. The normalized spacial score (nSPS) is 19.2. The highest BCUT2D eigenvalue weighted by molar-refractivity contribution is 5.98. The van der Waals surface area contributed by atoms with E-state index in [4.69, 9.17) is 4.74 Å². The second-order valence-corrected chi connectivity index (χ2v) is 4.17. The molecule has 1 aliphatic heterocycles. The van der Waals surface area contributed by atoms with Gasteiger partial charge in [0.1, 0.15) is 11.9 Å². The molecule has 4 nitrogen and oxygen atoms in total. The van der Waals surface area contributed by atoms with E-state index in [0.29, 0.717) is 17.9 Å². The molecule has 2 rings (SSSR count). The lowest BCUT2D eigenvalue weighted by Crippen LogP contribution is -2.34. The second-order valence-electron chi connectivity index (χ2n) is 4.17. The largest absolute Gasteiger partial charge is 0.489 e. The fourth-order valence-corrected chi connectivity index (χ4v) is 1.75. The zero-order chi connectivity index (χ0) is 11.7. The van der Waals surface area contributed by atoms with Crippen molar-refractivity contribution < 1.29 is 14.6 Å². The zero-order valence-electron chi connectivity index (χ0n) is 9.36. The Kier molecular flexibility index (Phi) is 2.83. The third-order valence-electron chi connectivity index (χ3n) is 2.44. The smallest absolute Gasteiger partial charge is 0.253 e. The SMILES string of the molecule is CC(C)Oc1cccc2c1NC(=O)C(O)C2. The number of aliphatic hydroxyl groups excluding tert-OH is 1. The molecule has 0 saturated carbocycles. The van der Waals surface area contributed by atoms with Crippen LogP contribution in [0.25, 0.3) is 0 Å². The number of aliphatic hydroxyl groups is 1. The van der Waals surface area contributed by atoms with E-state index >= 15 is 0 Å². The molecule has 0 spiro atoms. The third kappa shape index (κ3) is 2.02. The summed E-state index contributed by atoms with van der Waals surface area (Å²) in [5.41, 5.74) is 1.59. The lowest BCUT2D eigenvalue weighted by atomic mass is 10.0. The minimum Gasteiger partial charge on any atom is -0.489 e. The second kappa shape index (κ2) is 4.14. The van der Waals surface area contributed by atoms with Crippen LogP contribution in [0.2, 0.25) is 0 Å². The van der Waals surface area contributed by atoms with Crippen LogP contribution in [0.3, 0.4) is 0 Å². The van der Waals surface area contributed by atoms with E-state index in [-0.39, 0.29) is 12.0 Å². The summed E-state index contributed by atoms with van der Waals surface area (Å²) in [6.07, 6.45) is -0.562. The van der Waals surface area contributed by atoms with Crippen molar-refractivity contribution >= 4 is 11.6 Å². The molecule has 0 saturated heterocycles. The highest BCUT2D eigenvalue weighted by Gasteiger charge is 2.26. The van der Waals surface area contributed by atoms with Crippen LogP contribution in [-0.2, 0) is 11.2 Å². The minimum atomic E-state index is -0.957. The zero-order valence-corrected chi connectivity index (χ0v) is 9.36. The Bertz CT molecular complexity index is 415. The third-order valence-corrected chi connectivity index (χ3v) is 2.44. The molecule has 86 valence electrons. The quantitative estimate of drug-likeness (QED) is 0.792. The monoisotopic (exact) mass is 221 g/mol. The average Bonchev–Trinajstić information content (AvgIpc) is 2.20. The molecule has 0 radical (unpaired) electrons. The van der Waals surface area contributed by atoms with E-state index in [9.17, 15) is 9.90 Å². The molecule has 1 amide bonds. The van der Waals surface area contributed by atoms with Gasteiger partial charge in [-0.1, -0.05) is 12.1 Å². The highest BCUT2D eigenvalue weighted by Crippen LogP contribution is 2.33. The number of carbonyl (C=O) groups is 1. The van der Waals surface area contributed by atoms with Gasteiger partial charge < -0.3 is 15.2 Å². The van der Waals surface area contributed by atoms with Crippen LogP contribution < -0.4 is 10.1 Å². The summed E-state index contributed by atoms with van der Waals surface area (Å²) < 4.78 is 5.60. The number of para-hydroxylation sites is 1. The van der Waals surface area contributed by atoms with Gasteiger partial charge in [0.25, 0.3) is 5.91 Å². The number of carbonyl (C=O) groups excluding carboxylic acids is 1. The van der Waals surface area contributed by atoms with Crippen molar-refractivity contribution in [2.45, 2.75) is 32.5 Å². The number of hydrogen-bond donors (Lipinski definition) is 2. The van der Waals surface area contributed by atoms with Crippen LogP contribution >= 0.6 is 0 Å². The van der Waals surface area contributed by atoms with Crippen molar-refractivity contribution in [3.63, 3.8) is 0 Å². The van der Waals surface area contributed by atoms with Crippen molar-refractivity contribution in [3.05, 3.63) is 23.8 Å². The summed E-state index contributed by atoms with van der Waals surface area (Å²) in [6, 6.07) is 5.56. The maximum Gasteiger partial charge on any atom is 0.253 e. The Labute approximate surface area is 94.2 Å².